The van der Waals surface area contributed by atoms with Crippen LogP contribution in [0.3, 0.4) is 0 Å². The van der Waals surface area contributed by atoms with Crippen molar-refractivity contribution >= 4 is 5.91 Å². The van der Waals surface area contributed by atoms with E-state index in [1.165, 1.54) is 64.2 Å². The molecule has 2 nitrogen and oxygen atoms in total. The molecule has 2 heteroatoms. The van der Waals surface area contributed by atoms with Gasteiger partial charge in [0.1, 0.15) is 0 Å². The Hall–Kier alpha value is -1.31. The summed E-state index contributed by atoms with van der Waals surface area (Å²) in [5.41, 5.74) is 1.16. The highest BCUT2D eigenvalue weighted by molar-refractivity contribution is 5.79. The lowest BCUT2D eigenvalue weighted by Gasteiger charge is -2.42. The van der Waals surface area contributed by atoms with Crippen molar-refractivity contribution in [2.24, 2.45) is 0 Å². The largest absolute Gasteiger partial charge is 0.336 e. The lowest BCUT2D eigenvalue weighted by Crippen LogP contribution is -2.49. The Labute approximate surface area is 134 Å². The van der Waals surface area contributed by atoms with Crippen LogP contribution in [0.25, 0.3) is 0 Å². The molecule has 0 aromatic heterocycles. The first-order valence-electron chi connectivity index (χ1n) is 9.19. The zero-order valence-electron chi connectivity index (χ0n) is 13.7. The first-order chi connectivity index (χ1) is 10.8. The van der Waals surface area contributed by atoms with Crippen molar-refractivity contribution in [3.8, 4) is 0 Å². The number of hydrogen-bond acceptors (Lipinski definition) is 1. The minimum atomic E-state index is 0.366. The predicted octanol–water partition coefficient (Wildman–Crippen LogP) is 4.72. The van der Waals surface area contributed by atoms with Gasteiger partial charge >= 0.3 is 0 Å². The Balaban J connectivity index is 1.72. The second-order valence-corrected chi connectivity index (χ2v) is 7.05. The van der Waals surface area contributed by atoms with Gasteiger partial charge in [0.2, 0.25) is 5.91 Å². The normalized spacial score (nSPS) is 20.7. The van der Waals surface area contributed by atoms with E-state index in [0.717, 1.165) is 5.56 Å². The van der Waals surface area contributed by atoms with Crippen molar-refractivity contribution in [1.82, 2.24) is 4.90 Å². The molecular formula is C20H29NO. The maximum atomic E-state index is 13.0. The minimum absolute atomic E-state index is 0.366. The number of carbonyl (C=O) groups is 1. The lowest BCUT2D eigenvalue weighted by atomic mass is 9.88. The van der Waals surface area contributed by atoms with Crippen molar-refractivity contribution in [2.45, 2.75) is 82.7 Å². The summed E-state index contributed by atoms with van der Waals surface area (Å²) in [6, 6.07) is 11.3. The highest BCUT2D eigenvalue weighted by Crippen LogP contribution is 2.30. The maximum absolute atomic E-state index is 13.0. The molecule has 0 radical (unpaired) electrons. The monoisotopic (exact) mass is 299 g/mol. The maximum Gasteiger partial charge on any atom is 0.227 e. The molecule has 2 aliphatic rings. The Morgan fingerprint density at radius 2 is 1.32 bits per heavy atom. The topological polar surface area (TPSA) is 20.3 Å². The first-order valence-corrected chi connectivity index (χ1v) is 9.19. The van der Waals surface area contributed by atoms with E-state index in [1.807, 2.05) is 18.2 Å². The summed E-state index contributed by atoms with van der Waals surface area (Å²) in [4.78, 5) is 15.4. The fraction of sp³-hybridized carbons (Fsp3) is 0.650. The Kier molecular flexibility index (Phi) is 5.53. The number of carbonyl (C=O) groups excluding carboxylic acids is 1. The van der Waals surface area contributed by atoms with Crippen LogP contribution in [0.4, 0.5) is 0 Å². The van der Waals surface area contributed by atoms with Gasteiger partial charge < -0.3 is 4.90 Å². The number of amides is 1. The molecule has 1 aromatic rings. The molecule has 0 spiro atoms. The molecule has 2 fully saturated rings. The smallest absolute Gasteiger partial charge is 0.227 e. The highest BCUT2D eigenvalue weighted by Gasteiger charge is 2.32. The SMILES string of the molecule is O=C(Cc1ccccc1)N(C1CCCCC1)C1CCCCC1. The Bertz CT molecular complexity index is 440. The van der Waals surface area contributed by atoms with Crippen LogP contribution in [-0.2, 0) is 11.2 Å². The molecule has 0 bridgehead atoms. The second kappa shape index (κ2) is 7.80. The van der Waals surface area contributed by atoms with E-state index in [-0.39, 0.29) is 0 Å². The van der Waals surface area contributed by atoms with Crippen LogP contribution in [0.5, 0.6) is 0 Å². The molecule has 0 heterocycles. The zero-order chi connectivity index (χ0) is 15.2. The van der Waals surface area contributed by atoms with Crippen molar-refractivity contribution in [1.29, 1.82) is 0 Å². The standard InChI is InChI=1S/C20H29NO/c22-20(16-17-10-4-1-5-11-17)21(18-12-6-2-7-13-18)19-14-8-3-9-15-19/h1,4-5,10-11,18-19H,2-3,6-9,12-16H2. The van der Waals surface area contributed by atoms with Crippen LogP contribution >= 0.6 is 0 Å². The number of hydrogen-bond donors (Lipinski definition) is 0. The molecule has 2 aliphatic carbocycles. The van der Waals surface area contributed by atoms with Crippen molar-refractivity contribution < 1.29 is 4.79 Å². The van der Waals surface area contributed by atoms with Crippen LogP contribution in [0.2, 0.25) is 0 Å². The fourth-order valence-electron chi connectivity index (χ4n) is 4.29. The van der Waals surface area contributed by atoms with Gasteiger partial charge in [-0.2, -0.15) is 0 Å². The quantitative estimate of drug-likeness (QED) is 0.787. The van der Waals surface area contributed by atoms with Gasteiger partial charge in [-0.1, -0.05) is 68.9 Å². The summed E-state index contributed by atoms with van der Waals surface area (Å²) < 4.78 is 0. The van der Waals surface area contributed by atoms with Gasteiger partial charge in [-0.05, 0) is 31.2 Å². The van der Waals surface area contributed by atoms with Crippen LogP contribution in [0.1, 0.15) is 69.8 Å². The number of rotatable bonds is 4. The van der Waals surface area contributed by atoms with Crippen LogP contribution in [-0.4, -0.2) is 22.9 Å². The third-order valence-electron chi connectivity index (χ3n) is 5.42. The second-order valence-electron chi connectivity index (χ2n) is 7.05. The number of benzene rings is 1. The van der Waals surface area contributed by atoms with Crippen molar-refractivity contribution in [3.63, 3.8) is 0 Å². The molecule has 0 atom stereocenters. The average molecular weight is 299 g/mol. The fourth-order valence-corrected chi connectivity index (χ4v) is 4.29. The van der Waals surface area contributed by atoms with Gasteiger partial charge in [0.15, 0.2) is 0 Å². The predicted molar refractivity (Wildman–Crippen MR) is 90.7 cm³/mol. The van der Waals surface area contributed by atoms with E-state index in [9.17, 15) is 4.79 Å². The van der Waals surface area contributed by atoms with Crippen LogP contribution in [0, 0.1) is 0 Å². The molecule has 0 N–H and O–H groups in total. The Morgan fingerprint density at radius 1 is 0.818 bits per heavy atom. The highest BCUT2D eigenvalue weighted by atomic mass is 16.2. The first kappa shape index (κ1) is 15.6. The van der Waals surface area contributed by atoms with Crippen molar-refractivity contribution in [3.05, 3.63) is 35.9 Å². The van der Waals surface area contributed by atoms with E-state index in [1.54, 1.807) is 0 Å². The van der Waals surface area contributed by atoms with Gasteiger partial charge in [-0.25, -0.2) is 0 Å². The summed E-state index contributed by atoms with van der Waals surface area (Å²) in [6.45, 7) is 0. The molecule has 1 aromatic carbocycles. The Morgan fingerprint density at radius 3 is 1.82 bits per heavy atom. The van der Waals surface area contributed by atoms with Gasteiger partial charge in [-0.3, -0.25) is 4.79 Å². The zero-order valence-corrected chi connectivity index (χ0v) is 13.7. The summed E-state index contributed by atoms with van der Waals surface area (Å²) >= 11 is 0. The van der Waals surface area contributed by atoms with Gasteiger partial charge in [0.25, 0.3) is 0 Å². The molecule has 22 heavy (non-hydrogen) atoms. The van der Waals surface area contributed by atoms with E-state index in [4.69, 9.17) is 0 Å². The summed E-state index contributed by atoms with van der Waals surface area (Å²) in [7, 11) is 0. The molecule has 0 aliphatic heterocycles. The summed E-state index contributed by atoms with van der Waals surface area (Å²) in [5.74, 6) is 0.366. The van der Waals surface area contributed by atoms with Gasteiger partial charge in [-0.15, -0.1) is 0 Å². The molecule has 0 saturated heterocycles. The van der Waals surface area contributed by atoms with Crippen LogP contribution < -0.4 is 0 Å². The molecule has 120 valence electrons. The van der Waals surface area contributed by atoms with Crippen LogP contribution in [0.15, 0.2) is 30.3 Å². The third-order valence-corrected chi connectivity index (χ3v) is 5.42. The van der Waals surface area contributed by atoms with Gasteiger partial charge in [0.05, 0.1) is 6.42 Å². The van der Waals surface area contributed by atoms with Crippen molar-refractivity contribution in [2.75, 3.05) is 0 Å². The molecule has 3 rings (SSSR count). The average Bonchev–Trinajstić information content (AvgIpc) is 2.58. The molecule has 0 unspecified atom stereocenters. The lowest BCUT2D eigenvalue weighted by molar-refractivity contribution is -0.137. The molecule has 2 saturated carbocycles. The molecular weight excluding hydrogens is 270 g/mol. The number of nitrogens with zero attached hydrogens (tertiary/aromatic N) is 1. The third kappa shape index (κ3) is 3.91. The molecule has 1 amide bonds. The van der Waals surface area contributed by atoms with E-state index < -0.39 is 0 Å². The van der Waals surface area contributed by atoms with E-state index in [0.29, 0.717) is 24.4 Å². The summed E-state index contributed by atoms with van der Waals surface area (Å²) in [5, 5.41) is 0. The van der Waals surface area contributed by atoms with Gasteiger partial charge in [0, 0.05) is 12.1 Å². The minimum Gasteiger partial charge on any atom is -0.336 e. The van der Waals surface area contributed by atoms with E-state index >= 15 is 0 Å². The van der Waals surface area contributed by atoms with E-state index in [2.05, 4.69) is 17.0 Å². The summed E-state index contributed by atoms with van der Waals surface area (Å²) in [6.07, 6.45) is 13.3.